The van der Waals surface area contributed by atoms with Crippen LogP contribution in [-0.2, 0) is 9.53 Å². The number of carbonyl (C=O) groups is 1. The molecule has 1 atom stereocenters. The third kappa shape index (κ3) is 5.00. The van der Waals surface area contributed by atoms with Crippen LogP contribution in [0.5, 0.6) is 0 Å². The molecule has 2 aliphatic heterocycles. The monoisotopic (exact) mass is 425 g/mol. The van der Waals surface area contributed by atoms with Crippen LogP contribution in [0.4, 0.5) is 19.0 Å². The molecule has 0 unspecified atom stereocenters. The summed E-state index contributed by atoms with van der Waals surface area (Å²) in [4.78, 5) is 22.0. The zero-order valence-corrected chi connectivity index (χ0v) is 16.4. The van der Waals surface area contributed by atoms with Gasteiger partial charge in [-0.1, -0.05) is 6.07 Å². The van der Waals surface area contributed by atoms with Gasteiger partial charge in [0.1, 0.15) is 24.4 Å². The number of nitrogens with zero attached hydrogens (tertiary/aromatic N) is 3. The molecule has 162 valence electrons. The number of alkyl halides is 3. The summed E-state index contributed by atoms with van der Waals surface area (Å²) in [6.45, 7) is 2.12. The maximum absolute atomic E-state index is 12.7. The molecule has 0 aromatic carbocycles. The first-order chi connectivity index (χ1) is 14.1. The molecular weight excluding hydrogens is 403 g/mol. The minimum atomic E-state index is -4.54. The van der Waals surface area contributed by atoms with E-state index in [0.29, 0.717) is 29.5 Å². The van der Waals surface area contributed by atoms with Gasteiger partial charge < -0.3 is 31.3 Å². The number of nitrogens with one attached hydrogen (secondary N) is 3. The lowest BCUT2D eigenvalue weighted by Crippen LogP contribution is -2.44. The molecule has 2 aliphatic rings. The van der Waals surface area contributed by atoms with E-state index in [1.807, 2.05) is 0 Å². The van der Waals surface area contributed by atoms with Gasteiger partial charge in [-0.05, 0) is 19.1 Å². The second-order valence-corrected chi connectivity index (χ2v) is 6.78. The van der Waals surface area contributed by atoms with Crippen molar-refractivity contribution in [2.45, 2.75) is 19.1 Å². The van der Waals surface area contributed by atoms with Crippen molar-refractivity contribution in [1.82, 2.24) is 20.5 Å². The van der Waals surface area contributed by atoms with Crippen LogP contribution in [0.25, 0.3) is 5.57 Å². The average Bonchev–Trinajstić information content (AvgIpc) is 2.71. The summed E-state index contributed by atoms with van der Waals surface area (Å²) in [7, 11) is 1.77. The third-order valence-corrected chi connectivity index (χ3v) is 4.42. The van der Waals surface area contributed by atoms with E-state index in [9.17, 15) is 18.0 Å². The molecule has 1 aromatic rings. The second-order valence-electron chi connectivity index (χ2n) is 6.78. The molecule has 3 rings (SSSR count). The standard InChI is InChI=1S/C18H22F3N7O2/c1-10(25-13-8-30-9-28(2)15(13)22)16(29)27-14-5-3-4-12(26-14)11-6-23-17(24-7-11)18(19,20)21/h3-6,10,25H,7-9,22H2,1-2H3,(H,23,24)(H,26,27,29)/t10-/m0/s1. The lowest BCUT2D eigenvalue weighted by Gasteiger charge is -2.29. The van der Waals surface area contributed by atoms with Crippen molar-refractivity contribution >= 4 is 23.1 Å². The Kier molecular flexibility index (Phi) is 6.15. The van der Waals surface area contributed by atoms with E-state index in [1.165, 1.54) is 6.20 Å². The van der Waals surface area contributed by atoms with Crippen molar-refractivity contribution < 1.29 is 22.7 Å². The molecule has 1 aromatic heterocycles. The normalized spacial score (nSPS) is 18.2. The van der Waals surface area contributed by atoms with Crippen molar-refractivity contribution in [3.8, 4) is 0 Å². The Hall–Kier alpha value is -3.28. The lowest BCUT2D eigenvalue weighted by molar-refractivity contribution is -0.117. The van der Waals surface area contributed by atoms with E-state index < -0.39 is 18.1 Å². The number of rotatable bonds is 5. The lowest BCUT2D eigenvalue weighted by atomic mass is 10.1. The summed E-state index contributed by atoms with van der Waals surface area (Å²) in [5.41, 5.74) is 7.46. The van der Waals surface area contributed by atoms with Crippen LogP contribution in [0, 0.1) is 0 Å². The highest BCUT2D eigenvalue weighted by molar-refractivity contribution is 5.94. The van der Waals surface area contributed by atoms with Gasteiger partial charge >= 0.3 is 6.18 Å². The van der Waals surface area contributed by atoms with E-state index in [0.717, 1.165) is 0 Å². The summed E-state index contributed by atoms with van der Waals surface area (Å²) in [6, 6.07) is 4.22. The number of anilines is 1. The Morgan fingerprint density at radius 3 is 2.83 bits per heavy atom. The number of aromatic nitrogens is 1. The number of hydrogen-bond acceptors (Lipinski definition) is 8. The Bertz CT molecular complexity index is 911. The summed E-state index contributed by atoms with van der Waals surface area (Å²) < 4.78 is 43.3. The predicted molar refractivity (Wildman–Crippen MR) is 105 cm³/mol. The summed E-state index contributed by atoms with van der Waals surface area (Å²) >= 11 is 0. The van der Waals surface area contributed by atoms with Gasteiger partial charge in [0.25, 0.3) is 0 Å². The number of hydrogen-bond donors (Lipinski definition) is 4. The van der Waals surface area contributed by atoms with Crippen LogP contribution in [0.1, 0.15) is 12.6 Å². The fourth-order valence-corrected chi connectivity index (χ4v) is 2.76. The van der Waals surface area contributed by atoms with Crippen molar-refractivity contribution in [3.05, 3.63) is 41.6 Å². The van der Waals surface area contributed by atoms with Gasteiger partial charge in [0, 0.05) is 18.8 Å². The summed E-state index contributed by atoms with van der Waals surface area (Å²) in [6.07, 6.45) is -3.33. The molecule has 0 saturated carbocycles. The Balaban J connectivity index is 1.63. The van der Waals surface area contributed by atoms with Gasteiger partial charge in [0.15, 0.2) is 0 Å². The molecule has 3 heterocycles. The van der Waals surface area contributed by atoms with E-state index >= 15 is 0 Å². The third-order valence-electron chi connectivity index (χ3n) is 4.42. The van der Waals surface area contributed by atoms with Crippen LogP contribution < -0.4 is 21.7 Å². The van der Waals surface area contributed by atoms with E-state index in [2.05, 4.69) is 25.9 Å². The van der Waals surface area contributed by atoms with Gasteiger partial charge in [-0.15, -0.1) is 0 Å². The number of carbonyl (C=O) groups excluding carboxylic acids is 1. The smallest absolute Gasteiger partial charge is 0.384 e. The Morgan fingerprint density at radius 2 is 2.17 bits per heavy atom. The predicted octanol–water partition coefficient (Wildman–Crippen LogP) is 0.950. The summed E-state index contributed by atoms with van der Waals surface area (Å²) in [5, 5.41) is 7.83. The molecule has 30 heavy (non-hydrogen) atoms. The highest BCUT2D eigenvalue weighted by atomic mass is 19.4. The number of amides is 1. The number of nitrogens with two attached hydrogens (primary N) is 1. The van der Waals surface area contributed by atoms with E-state index in [1.54, 1.807) is 37.1 Å². The van der Waals surface area contributed by atoms with E-state index in [4.69, 9.17) is 10.5 Å². The molecular formula is C18H22F3N7O2. The summed E-state index contributed by atoms with van der Waals surface area (Å²) in [5.74, 6) is -0.657. The van der Waals surface area contributed by atoms with Crippen LogP contribution in [0.2, 0.25) is 0 Å². The minimum Gasteiger partial charge on any atom is -0.384 e. The fourth-order valence-electron chi connectivity index (χ4n) is 2.76. The van der Waals surface area contributed by atoms with Crippen LogP contribution in [0.3, 0.4) is 0 Å². The highest BCUT2D eigenvalue weighted by Crippen LogP contribution is 2.22. The minimum absolute atomic E-state index is 0.175. The van der Waals surface area contributed by atoms with Crippen molar-refractivity contribution in [1.29, 1.82) is 0 Å². The van der Waals surface area contributed by atoms with Crippen molar-refractivity contribution in [2.24, 2.45) is 10.7 Å². The van der Waals surface area contributed by atoms with Gasteiger partial charge in [-0.2, -0.15) is 13.2 Å². The number of ether oxygens (including phenoxy) is 1. The molecule has 0 aliphatic carbocycles. The first-order valence-electron chi connectivity index (χ1n) is 9.04. The number of pyridine rings is 1. The van der Waals surface area contributed by atoms with Crippen LogP contribution >= 0.6 is 0 Å². The molecule has 5 N–H and O–H groups in total. The average molecular weight is 425 g/mol. The van der Waals surface area contributed by atoms with Crippen molar-refractivity contribution in [3.63, 3.8) is 0 Å². The fraction of sp³-hybridized carbons (Fsp3) is 0.389. The van der Waals surface area contributed by atoms with Crippen LogP contribution in [0.15, 0.2) is 40.9 Å². The quantitative estimate of drug-likeness (QED) is 0.555. The first-order valence-corrected chi connectivity index (χ1v) is 9.04. The molecule has 0 bridgehead atoms. The molecule has 1 amide bonds. The van der Waals surface area contributed by atoms with Gasteiger partial charge in [-0.3, -0.25) is 9.79 Å². The maximum Gasteiger partial charge on any atom is 0.449 e. The number of halogens is 3. The van der Waals surface area contributed by atoms with Gasteiger partial charge in [0.2, 0.25) is 11.7 Å². The highest BCUT2D eigenvalue weighted by Gasteiger charge is 2.36. The SMILES string of the molecule is C[C@H](NC1=C(N)N(C)COC1)C(=O)Nc1cccc(C2=CNC(C(F)(F)F)=NC2)n1. The van der Waals surface area contributed by atoms with Gasteiger partial charge in [-0.25, -0.2) is 4.98 Å². The van der Waals surface area contributed by atoms with Gasteiger partial charge in [0.05, 0.1) is 24.5 Å². The molecule has 0 saturated heterocycles. The molecule has 0 radical (unpaired) electrons. The Labute approximate surface area is 170 Å². The maximum atomic E-state index is 12.7. The van der Waals surface area contributed by atoms with E-state index in [-0.39, 0.29) is 24.9 Å². The van der Waals surface area contributed by atoms with Crippen LogP contribution in [-0.4, -0.2) is 60.8 Å². The molecule has 0 fully saturated rings. The Morgan fingerprint density at radius 1 is 1.40 bits per heavy atom. The topological polar surface area (TPSA) is 117 Å². The number of aliphatic imine (C=N–C) groups is 1. The molecule has 12 heteroatoms. The largest absolute Gasteiger partial charge is 0.449 e. The zero-order chi connectivity index (χ0) is 21.9. The zero-order valence-electron chi connectivity index (χ0n) is 16.4. The first kappa shape index (κ1) is 21.4. The second kappa shape index (κ2) is 8.61. The molecule has 9 nitrogen and oxygen atoms in total. The molecule has 0 spiro atoms. The van der Waals surface area contributed by atoms with Crippen molar-refractivity contribution in [2.75, 3.05) is 32.2 Å². The number of amidine groups is 1.